The zero-order valence-electron chi connectivity index (χ0n) is 17.0. The van der Waals surface area contributed by atoms with E-state index in [2.05, 4.69) is 22.1 Å². The van der Waals surface area contributed by atoms with Crippen LogP contribution < -0.4 is 5.32 Å². The van der Waals surface area contributed by atoms with Crippen LogP contribution in [0.5, 0.6) is 0 Å². The van der Waals surface area contributed by atoms with Crippen molar-refractivity contribution >= 4 is 23.5 Å². The van der Waals surface area contributed by atoms with Crippen molar-refractivity contribution in [2.75, 3.05) is 5.75 Å². The molecule has 3 aromatic rings. The SMILES string of the molecule is C=CCn1c(SCC(=O)c2ccccc2)nnc1[C@@H](C)NC(=O)c1ccccc1C. The lowest BCUT2D eigenvalue weighted by Gasteiger charge is -2.16. The third-order valence-electron chi connectivity index (χ3n) is 4.61. The number of allylic oxidation sites excluding steroid dienone is 1. The van der Waals surface area contributed by atoms with E-state index in [9.17, 15) is 9.59 Å². The van der Waals surface area contributed by atoms with Crippen LogP contribution in [0.25, 0.3) is 0 Å². The van der Waals surface area contributed by atoms with Crippen molar-refractivity contribution in [3.8, 4) is 0 Å². The van der Waals surface area contributed by atoms with Gasteiger partial charge < -0.3 is 9.88 Å². The van der Waals surface area contributed by atoms with E-state index in [4.69, 9.17) is 0 Å². The zero-order chi connectivity index (χ0) is 21.5. The average molecular weight is 421 g/mol. The van der Waals surface area contributed by atoms with Crippen LogP contribution in [0, 0.1) is 6.92 Å². The molecular weight excluding hydrogens is 396 g/mol. The minimum Gasteiger partial charge on any atom is -0.342 e. The molecule has 1 heterocycles. The van der Waals surface area contributed by atoms with Gasteiger partial charge in [-0.25, -0.2) is 0 Å². The molecule has 0 saturated heterocycles. The summed E-state index contributed by atoms with van der Waals surface area (Å²) in [6, 6.07) is 16.2. The van der Waals surface area contributed by atoms with E-state index in [0.29, 0.717) is 28.7 Å². The second-order valence-corrected chi connectivity index (χ2v) is 7.77. The second kappa shape index (κ2) is 10.0. The van der Waals surface area contributed by atoms with Gasteiger partial charge in [0.15, 0.2) is 16.8 Å². The number of hydrogen-bond acceptors (Lipinski definition) is 5. The maximum absolute atomic E-state index is 12.7. The minimum absolute atomic E-state index is 0.0243. The third kappa shape index (κ3) is 5.04. The normalized spacial score (nSPS) is 11.7. The first-order valence-electron chi connectivity index (χ1n) is 9.62. The molecule has 30 heavy (non-hydrogen) atoms. The van der Waals surface area contributed by atoms with E-state index in [1.54, 1.807) is 24.3 Å². The molecule has 154 valence electrons. The molecule has 1 N–H and O–H groups in total. The number of aryl methyl sites for hydroxylation is 1. The van der Waals surface area contributed by atoms with E-state index in [1.807, 2.05) is 54.8 Å². The molecule has 0 spiro atoms. The Bertz CT molecular complexity index is 1050. The summed E-state index contributed by atoms with van der Waals surface area (Å²) < 4.78 is 1.87. The van der Waals surface area contributed by atoms with Crippen molar-refractivity contribution < 1.29 is 9.59 Å². The highest BCUT2D eigenvalue weighted by atomic mass is 32.2. The molecule has 3 rings (SSSR count). The fourth-order valence-corrected chi connectivity index (χ4v) is 3.88. The van der Waals surface area contributed by atoms with Crippen LogP contribution in [0.15, 0.2) is 72.4 Å². The fourth-order valence-electron chi connectivity index (χ4n) is 3.03. The van der Waals surface area contributed by atoms with Crippen molar-refractivity contribution in [2.24, 2.45) is 0 Å². The minimum atomic E-state index is -0.358. The Balaban J connectivity index is 1.73. The van der Waals surface area contributed by atoms with Gasteiger partial charge in [-0.05, 0) is 25.5 Å². The number of nitrogens with zero attached hydrogens (tertiary/aromatic N) is 3. The van der Waals surface area contributed by atoms with E-state index < -0.39 is 0 Å². The Morgan fingerprint density at radius 3 is 2.53 bits per heavy atom. The Morgan fingerprint density at radius 2 is 1.83 bits per heavy atom. The fraction of sp³-hybridized carbons (Fsp3) is 0.217. The van der Waals surface area contributed by atoms with Crippen molar-refractivity contribution in [1.82, 2.24) is 20.1 Å². The van der Waals surface area contributed by atoms with Crippen molar-refractivity contribution in [3.05, 3.63) is 89.8 Å². The lowest BCUT2D eigenvalue weighted by Crippen LogP contribution is -2.29. The number of thioether (sulfide) groups is 1. The number of Topliss-reactive ketones (excluding diaryl/α,β-unsaturated/α-hetero) is 1. The molecule has 2 aromatic carbocycles. The van der Waals surface area contributed by atoms with E-state index in [0.717, 1.165) is 5.56 Å². The maximum Gasteiger partial charge on any atom is 0.252 e. The summed E-state index contributed by atoms with van der Waals surface area (Å²) in [5.41, 5.74) is 2.20. The molecule has 0 bridgehead atoms. The van der Waals surface area contributed by atoms with Crippen molar-refractivity contribution in [3.63, 3.8) is 0 Å². The van der Waals surface area contributed by atoms with Gasteiger partial charge in [0.2, 0.25) is 0 Å². The van der Waals surface area contributed by atoms with Gasteiger partial charge in [0.05, 0.1) is 11.8 Å². The summed E-state index contributed by atoms with van der Waals surface area (Å²) in [6.45, 7) is 8.05. The quantitative estimate of drug-likeness (QED) is 0.318. The average Bonchev–Trinajstić information content (AvgIpc) is 3.16. The second-order valence-electron chi connectivity index (χ2n) is 6.83. The largest absolute Gasteiger partial charge is 0.342 e. The van der Waals surface area contributed by atoms with Crippen LogP contribution in [0.2, 0.25) is 0 Å². The van der Waals surface area contributed by atoms with Crippen LogP contribution >= 0.6 is 11.8 Å². The van der Waals surface area contributed by atoms with Crippen LogP contribution in [0.3, 0.4) is 0 Å². The standard InChI is InChI=1S/C23H24N4O2S/c1-4-14-27-21(17(3)24-22(29)19-13-9-8-10-16(19)2)25-26-23(27)30-15-20(28)18-11-6-5-7-12-18/h4-13,17H,1,14-15H2,2-3H3,(H,24,29)/t17-/m1/s1. The van der Waals surface area contributed by atoms with Crippen LogP contribution in [0.4, 0.5) is 0 Å². The summed E-state index contributed by atoms with van der Waals surface area (Å²) in [6.07, 6.45) is 1.74. The molecule has 0 radical (unpaired) electrons. The number of benzene rings is 2. The first kappa shape index (κ1) is 21.5. The van der Waals surface area contributed by atoms with Gasteiger partial charge in [-0.3, -0.25) is 9.59 Å². The van der Waals surface area contributed by atoms with Crippen LogP contribution in [0.1, 0.15) is 45.1 Å². The van der Waals surface area contributed by atoms with Gasteiger partial charge in [-0.15, -0.1) is 16.8 Å². The van der Waals surface area contributed by atoms with Gasteiger partial charge in [-0.1, -0.05) is 66.4 Å². The number of nitrogens with one attached hydrogen (secondary N) is 1. The molecule has 7 heteroatoms. The van der Waals surface area contributed by atoms with Gasteiger partial charge in [0.25, 0.3) is 5.91 Å². The van der Waals surface area contributed by atoms with E-state index >= 15 is 0 Å². The first-order valence-corrected chi connectivity index (χ1v) is 10.6. The molecule has 1 atom stereocenters. The Labute approximate surface area is 180 Å². The number of carbonyl (C=O) groups excluding carboxylic acids is 2. The molecule has 0 aliphatic rings. The third-order valence-corrected chi connectivity index (χ3v) is 5.58. The summed E-state index contributed by atoms with van der Waals surface area (Å²) in [7, 11) is 0. The predicted molar refractivity (Wildman–Crippen MR) is 119 cm³/mol. The Morgan fingerprint density at radius 1 is 1.13 bits per heavy atom. The highest BCUT2D eigenvalue weighted by molar-refractivity contribution is 7.99. The number of carbonyl (C=O) groups is 2. The summed E-state index contributed by atoms with van der Waals surface area (Å²) in [5, 5.41) is 12.1. The van der Waals surface area contributed by atoms with Gasteiger partial charge >= 0.3 is 0 Å². The molecule has 0 aliphatic carbocycles. The summed E-state index contributed by atoms with van der Waals surface area (Å²) in [5.74, 6) is 0.730. The molecule has 0 fully saturated rings. The first-order chi connectivity index (χ1) is 14.5. The molecule has 1 amide bonds. The lowest BCUT2D eigenvalue weighted by molar-refractivity contribution is 0.0936. The predicted octanol–water partition coefficient (Wildman–Crippen LogP) is 4.24. The number of hydrogen-bond donors (Lipinski definition) is 1. The van der Waals surface area contributed by atoms with E-state index in [-0.39, 0.29) is 23.5 Å². The van der Waals surface area contributed by atoms with Gasteiger partial charge in [0, 0.05) is 17.7 Å². The zero-order valence-corrected chi connectivity index (χ0v) is 17.9. The molecular formula is C23H24N4O2S. The number of rotatable bonds is 9. The highest BCUT2D eigenvalue weighted by Crippen LogP contribution is 2.22. The Kier molecular flexibility index (Phi) is 7.19. The summed E-state index contributed by atoms with van der Waals surface area (Å²) >= 11 is 1.33. The van der Waals surface area contributed by atoms with Crippen molar-refractivity contribution in [1.29, 1.82) is 0 Å². The highest BCUT2D eigenvalue weighted by Gasteiger charge is 2.21. The van der Waals surface area contributed by atoms with Crippen LogP contribution in [-0.2, 0) is 6.54 Å². The van der Waals surface area contributed by atoms with E-state index in [1.165, 1.54) is 11.8 Å². The molecule has 0 saturated carbocycles. The maximum atomic E-state index is 12.7. The monoisotopic (exact) mass is 420 g/mol. The Hall–Kier alpha value is -3.19. The van der Waals surface area contributed by atoms with Gasteiger partial charge in [-0.2, -0.15) is 0 Å². The topological polar surface area (TPSA) is 76.9 Å². The number of ketones is 1. The molecule has 0 aliphatic heterocycles. The van der Waals surface area contributed by atoms with Gasteiger partial charge in [0.1, 0.15) is 0 Å². The lowest BCUT2D eigenvalue weighted by atomic mass is 10.1. The summed E-state index contributed by atoms with van der Waals surface area (Å²) in [4.78, 5) is 25.1. The molecule has 1 aromatic heterocycles. The smallest absolute Gasteiger partial charge is 0.252 e. The number of aromatic nitrogens is 3. The van der Waals surface area contributed by atoms with Crippen LogP contribution in [-0.4, -0.2) is 32.2 Å². The molecule has 6 nitrogen and oxygen atoms in total. The van der Waals surface area contributed by atoms with Crippen molar-refractivity contribution in [2.45, 2.75) is 31.6 Å². The number of amides is 1. The molecule has 0 unspecified atom stereocenters.